The fourth-order valence-electron chi connectivity index (χ4n) is 3.06. The number of carbonyl (C=O) groups excluding carboxylic acids is 1. The molecule has 0 bridgehead atoms. The molecule has 0 unspecified atom stereocenters. The lowest BCUT2D eigenvalue weighted by molar-refractivity contribution is 0.0602. The highest BCUT2D eigenvalue weighted by molar-refractivity contribution is 6.02. The molecule has 2 aromatic carbocycles. The second-order valence-corrected chi connectivity index (χ2v) is 6.05. The highest BCUT2D eigenvalue weighted by Crippen LogP contribution is 2.33. The normalized spacial score (nSPS) is 11.2. The minimum absolute atomic E-state index is 0.344. The first kappa shape index (κ1) is 16.2. The van der Waals surface area contributed by atoms with E-state index in [1.54, 1.807) is 24.4 Å². The zero-order chi connectivity index (χ0) is 19.1. The van der Waals surface area contributed by atoms with Crippen LogP contribution < -0.4 is 0 Å². The van der Waals surface area contributed by atoms with Crippen LogP contribution >= 0.6 is 0 Å². The fourth-order valence-corrected chi connectivity index (χ4v) is 3.06. The minimum atomic E-state index is -0.470. The summed E-state index contributed by atoms with van der Waals surface area (Å²) in [6.45, 7) is 0. The summed E-state index contributed by atoms with van der Waals surface area (Å²) in [5.41, 5.74) is 3.77. The number of nitrogens with zero attached hydrogens (tertiary/aromatic N) is 3. The van der Waals surface area contributed by atoms with Crippen molar-refractivity contribution in [3.8, 4) is 23.0 Å². The Morgan fingerprint density at radius 3 is 2.39 bits per heavy atom. The second-order valence-electron chi connectivity index (χ2n) is 6.05. The van der Waals surface area contributed by atoms with Gasteiger partial charge in [-0.05, 0) is 36.4 Å². The number of para-hydroxylation sites is 2. The molecule has 0 radical (unpaired) electrons. The number of oxazole rings is 2. The topological polar surface area (TPSA) is 91.2 Å². The van der Waals surface area contributed by atoms with Crippen LogP contribution in [0.5, 0.6) is 0 Å². The zero-order valence-corrected chi connectivity index (χ0v) is 14.7. The Hall–Kier alpha value is -4.00. The van der Waals surface area contributed by atoms with Crippen LogP contribution in [0.4, 0.5) is 0 Å². The molecule has 3 aromatic heterocycles. The van der Waals surface area contributed by atoms with E-state index < -0.39 is 5.97 Å². The van der Waals surface area contributed by atoms with E-state index in [4.69, 9.17) is 13.6 Å². The fraction of sp³-hybridized carbons (Fsp3) is 0.0476. The summed E-state index contributed by atoms with van der Waals surface area (Å²) in [6.07, 6.45) is 1.68. The summed E-state index contributed by atoms with van der Waals surface area (Å²) < 4.78 is 16.6. The van der Waals surface area contributed by atoms with Gasteiger partial charge in [-0.3, -0.25) is 4.98 Å². The van der Waals surface area contributed by atoms with Crippen LogP contribution in [0, 0.1) is 0 Å². The van der Waals surface area contributed by atoms with Crippen LogP contribution in [0.2, 0.25) is 0 Å². The van der Waals surface area contributed by atoms with E-state index in [2.05, 4.69) is 15.0 Å². The molecular weight excluding hydrogens is 358 g/mol. The molecule has 5 aromatic rings. The lowest BCUT2D eigenvalue weighted by atomic mass is 10.2. The summed E-state index contributed by atoms with van der Waals surface area (Å²) >= 11 is 0. The second kappa shape index (κ2) is 6.31. The molecule has 0 atom stereocenters. The number of benzene rings is 2. The minimum Gasteiger partial charge on any atom is -0.465 e. The Kier molecular flexibility index (Phi) is 3.65. The van der Waals surface area contributed by atoms with E-state index in [-0.39, 0.29) is 0 Å². The molecule has 3 heterocycles. The van der Waals surface area contributed by atoms with Crippen molar-refractivity contribution in [2.24, 2.45) is 0 Å². The number of pyridine rings is 1. The number of fused-ring (bicyclic) bond motifs is 2. The highest BCUT2D eigenvalue weighted by Gasteiger charge is 2.20. The largest absolute Gasteiger partial charge is 0.465 e. The van der Waals surface area contributed by atoms with Crippen molar-refractivity contribution in [3.05, 3.63) is 66.4 Å². The van der Waals surface area contributed by atoms with Gasteiger partial charge in [-0.25, -0.2) is 14.8 Å². The standard InChI is InChI=1S/C21H13N3O4/c1-26-21(25)13-7-5-10-16-18(13)23-19(27-16)12-6-4-9-15-17(12)24-20(28-15)14-8-2-3-11-22-14/h2-11H,1H3. The SMILES string of the molecule is COC(=O)c1cccc2oc(-c3cccc4oc(-c5ccccn5)nc34)nc12. The van der Waals surface area contributed by atoms with Gasteiger partial charge in [0, 0.05) is 6.20 Å². The Labute approximate surface area is 158 Å². The molecule has 0 aliphatic rings. The van der Waals surface area contributed by atoms with Crippen molar-refractivity contribution >= 4 is 28.2 Å². The van der Waals surface area contributed by atoms with Crippen LogP contribution in [0.25, 0.3) is 45.2 Å². The third-order valence-corrected chi connectivity index (χ3v) is 4.36. The molecule has 0 spiro atoms. The number of hydrogen-bond acceptors (Lipinski definition) is 7. The van der Waals surface area contributed by atoms with E-state index in [9.17, 15) is 4.79 Å². The Morgan fingerprint density at radius 1 is 0.857 bits per heavy atom. The van der Waals surface area contributed by atoms with Gasteiger partial charge in [0.15, 0.2) is 11.2 Å². The average Bonchev–Trinajstić information content (AvgIpc) is 3.37. The molecule has 0 N–H and O–H groups in total. The van der Waals surface area contributed by atoms with Crippen LogP contribution in [0.1, 0.15) is 10.4 Å². The number of ether oxygens (including phenoxy) is 1. The van der Waals surface area contributed by atoms with Crippen LogP contribution in [-0.4, -0.2) is 28.0 Å². The van der Waals surface area contributed by atoms with Gasteiger partial charge in [0.25, 0.3) is 0 Å². The smallest absolute Gasteiger partial charge is 0.340 e. The molecule has 0 aliphatic carbocycles. The van der Waals surface area contributed by atoms with E-state index in [0.29, 0.717) is 50.8 Å². The lowest BCUT2D eigenvalue weighted by Crippen LogP contribution is -2.01. The first-order chi connectivity index (χ1) is 13.7. The average molecular weight is 371 g/mol. The number of esters is 1. The predicted molar refractivity (Wildman–Crippen MR) is 102 cm³/mol. The molecule has 7 nitrogen and oxygen atoms in total. The molecule has 136 valence electrons. The summed E-state index contributed by atoms with van der Waals surface area (Å²) in [4.78, 5) is 25.4. The van der Waals surface area contributed by atoms with Gasteiger partial charge in [-0.2, -0.15) is 0 Å². The molecule has 7 heteroatoms. The van der Waals surface area contributed by atoms with Crippen LogP contribution in [0.3, 0.4) is 0 Å². The quantitative estimate of drug-likeness (QED) is 0.432. The number of carbonyl (C=O) groups is 1. The summed E-state index contributed by atoms with van der Waals surface area (Å²) in [6, 6.07) is 16.1. The van der Waals surface area contributed by atoms with E-state index in [1.807, 2.05) is 36.4 Å². The predicted octanol–water partition coefficient (Wildman–Crippen LogP) is 4.48. The van der Waals surface area contributed by atoms with Crippen LogP contribution in [0.15, 0.2) is 69.6 Å². The molecular formula is C21H13N3O4. The van der Waals surface area contributed by atoms with E-state index in [1.165, 1.54) is 7.11 Å². The monoisotopic (exact) mass is 371 g/mol. The van der Waals surface area contributed by atoms with Gasteiger partial charge in [0.05, 0.1) is 18.2 Å². The maximum absolute atomic E-state index is 12.0. The van der Waals surface area contributed by atoms with Crippen molar-refractivity contribution in [1.82, 2.24) is 15.0 Å². The van der Waals surface area contributed by atoms with Gasteiger partial charge >= 0.3 is 5.97 Å². The Bertz CT molecular complexity index is 1320. The van der Waals surface area contributed by atoms with Crippen molar-refractivity contribution in [2.75, 3.05) is 7.11 Å². The first-order valence-electron chi connectivity index (χ1n) is 8.54. The number of rotatable bonds is 3. The molecule has 0 fully saturated rings. The first-order valence-corrected chi connectivity index (χ1v) is 8.54. The van der Waals surface area contributed by atoms with Crippen molar-refractivity contribution < 1.29 is 18.4 Å². The van der Waals surface area contributed by atoms with Crippen molar-refractivity contribution in [2.45, 2.75) is 0 Å². The van der Waals surface area contributed by atoms with Gasteiger partial charge in [-0.1, -0.05) is 18.2 Å². The van der Waals surface area contributed by atoms with Crippen molar-refractivity contribution in [1.29, 1.82) is 0 Å². The maximum Gasteiger partial charge on any atom is 0.340 e. The number of methoxy groups -OCH3 is 1. The molecule has 0 aliphatic heterocycles. The summed E-state index contributed by atoms with van der Waals surface area (Å²) in [5.74, 6) is 0.287. The molecule has 0 amide bonds. The van der Waals surface area contributed by atoms with E-state index in [0.717, 1.165) is 0 Å². The van der Waals surface area contributed by atoms with Gasteiger partial charge < -0.3 is 13.6 Å². The van der Waals surface area contributed by atoms with E-state index >= 15 is 0 Å². The Morgan fingerprint density at radius 2 is 1.61 bits per heavy atom. The maximum atomic E-state index is 12.0. The third-order valence-electron chi connectivity index (χ3n) is 4.36. The lowest BCUT2D eigenvalue weighted by Gasteiger charge is -1.97. The van der Waals surface area contributed by atoms with Gasteiger partial charge in [-0.15, -0.1) is 0 Å². The Balaban J connectivity index is 1.69. The summed E-state index contributed by atoms with van der Waals surface area (Å²) in [5, 5.41) is 0. The summed E-state index contributed by atoms with van der Waals surface area (Å²) in [7, 11) is 1.33. The highest BCUT2D eigenvalue weighted by atomic mass is 16.5. The molecule has 5 rings (SSSR count). The van der Waals surface area contributed by atoms with Crippen molar-refractivity contribution in [3.63, 3.8) is 0 Å². The third kappa shape index (κ3) is 2.52. The zero-order valence-electron chi connectivity index (χ0n) is 14.7. The van der Waals surface area contributed by atoms with Gasteiger partial charge in [0.2, 0.25) is 11.8 Å². The molecule has 0 saturated carbocycles. The number of aromatic nitrogens is 3. The number of hydrogen-bond donors (Lipinski definition) is 0. The molecule has 0 saturated heterocycles. The molecule has 28 heavy (non-hydrogen) atoms. The van der Waals surface area contributed by atoms with Gasteiger partial charge in [0.1, 0.15) is 16.7 Å². The van der Waals surface area contributed by atoms with Crippen LogP contribution in [-0.2, 0) is 4.74 Å².